The molecule has 0 aromatic heterocycles. The Morgan fingerprint density at radius 1 is 1.29 bits per heavy atom. The van der Waals surface area contributed by atoms with E-state index in [2.05, 4.69) is 0 Å². The van der Waals surface area contributed by atoms with Gasteiger partial charge in [-0.3, -0.25) is 10.1 Å². The highest BCUT2D eigenvalue weighted by Gasteiger charge is 2.13. The number of carboxylic acids is 1. The lowest BCUT2D eigenvalue weighted by Crippen LogP contribution is -1.97. The number of nitro groups is 1. The number of nitro benzene ring substituents is 1. The first-order valence-corrected chi connectivity index (χ1v) is 6.65. The van der Waals surface area contributed by atoms with Crippen LogP contribution in [0, 0.1) is 22.9 Å². The van der Waals surface area contributed by atoms with Crippen molar-refractivity contribution in [3.8, 4) is 0 Å². The molecular formula is C14H10FNO4S. The first kappa shape index (κ1) is 15.0. The van der Waals surface area contributed by atoms with Crippen molar-refractivity contribution in [2.45, 2.75) is 16.7 Å². The molecule has 0 heterocycles. The molecule has 5 nitrogen and oxygen atoms in total. The van der Waals surface area contributed by atoms with Gasteiger partial charge < -0.3 is 5.11 Å². The summed E-state index contributed by atoms with van der Waals surface area (Å²) in [6, 6.07) is 7.84. The van der Waals surface area contributed by atoms with E-state index in [1.54, 1.807) is 13.0 Å². The van der Waals surface area contributed by atoms with Crippen molar-refractivity contribution in [3.05, 3.63) is 63.5 Å². The molecule has 0 aliphatic heterocycles. The molecule has 0 aliphatic carbocycles. The summed E-state index contributed by atoms with van der Waals surface area (Å²) in [4.78, 5) is 21.8. The number of rotatable bonds is 4. The van der Waals surface area contributed by atoms with Crippen LogP contribution in [0.2, 0.25) is 0 Å². The minimum atomic E-state index is -1.16. The average molecular weight is 307 g/mol. The van der Waals surface area contributed by atoms with Crippen LogP contribution in [0.4, 0.5) is 10.1 Å². The predicted molar refractivity (Wildman–Crippen MR) is 75.3 cm³/mol. The van der Waals surface area contributed by atoms with E-state index in [1.807, 2.05) is 0 Å². The second kappa shape index (κ2) is 5.92. The normalized spacial score (nSPS) is 10.4. The number of nitrogens with zero attached hydrogens (tertiary/aromatic N) is 1. The van der Waals surface area contributed by atoms with Gasteiger partial charge in [-0.1, -0.05) is 11.8 Å². The standard InChI is InChI=1S/C14H10FNO4S/c1-8-4-10(16(19)20)7-11(5-8)21-13-6-9(14(17)18)2-3-12(13)15/h2-7H,1H3,(H,17,18). The summed E-state index contributed by atoms with van der Waals surface area (Å²) >= 11 is 0.949. The molecule has 2 aromatic rings. The number of carbonyl (C=O) groups is 1. The van der Waals surface area contributed by atoms with E-state index in [4.69, 9.17) is 5.11 Å². The maximum atomic E-state index is 13.7. The van der Waals surface area contributed by atoms with Crippen LogP contribution >= 0.6 is 11.8 Å². The summed E-state index contributed by atoms with van der Waals surface area (Å²) in [6.45, 7) is 1.70. The third kappa shape index (κ3) is 3.57. The Labute approximate surface area is 123 Å². The monoisotopic (exact) mass is 307 g/mol. The fraction of sp³-hybridized carbons (Fsp3) is 0.0714. The quantitative estimate of drug-likeness (QED) is 0.684. The smallest absolute Gasteiger partial charge is 0.335 e. The van der Waals surface area contributed by atoms with Gasteiger partial charge in [0.15, 0.2) is 0 Å². The molecule has 0 fully saturated rings. The molecule has 0 amide bonds. The molecule has 0 saturated carbocycles. The van der Waals surface area contributed by atoms with Crippen molar-refractivity contribution in [1.29, 1.82) is 0 Å². The summed E-state index contributed by atoms with van der Waals surface area (Å²) in [5.74, 6) is -1.73. The number of carboxylic acid groups (broad SMARTS) is 1. The third-order valence-corrected chi connectivity index (χ3v) is 3.66. The van der Waals surface area contributed by atoms with E-state index in [9.17, 15) is 19.3 Å². The molecule has 0 unspecified atom stereocenters. The molecule has 0 atom stereocenters. The van der Waals surface area contributed by atoms with E-state index < -0.39 is 16.7 Å². The lowest BCUT2D eigenvalue weighted by molar-refractivity contribution is -0.385. The summed E-state index contributed by atoms with van der Waals surface area (Å²) in [5, 5.41) is 19.7. The van der Waals surface area contributed by atoms with Gasteiger partial charge in [0.25, 0.3) is 5.69 Å². The molecule has 0 aliphatic rings. The Balaban J connectivity index is 2.40. The van der Waals surface area contributed by atoms with E-state index in [-0.39, 0.29) is 16.1 Å². The van der Waals surface area contributed by atoms with E-state index in [0.29, 0.717) is 10.5 Å². The van der Waals surface area contributed by atoms with Gasteiger partial charge in [-0.05, 0) is 36.8 Å². The zero-order valence-corrected chi connectivity index (χ0v) is 11.7. The molecule has 21 heavy (non-hydrogen) atoms. The number of hydrogen-bond donors (Lipinski definition) is 1. The van der Waals surface area contributed by atoms with Gasteiger partial charge in [0, 0.05) is 21.9 Å². The molecule has 108 valence electrons. The zero-order chi connectivity index (χ0) is 15.6. The number of aromatic carboxylic acids is 1. The highest BCUT2D eigenvalue weighted by molar-refractivity contribution is 7.99. The second-order valence-corrected chi connectivity index (χ2v) is 5.43. The molecule has 2 aromatic carbocycles. The molecule has 0 radical (unpaired) electrons. The predicted octanol–water partition coefficient (Wildman–Crippen LogP) is 3.89. The second-order valence-electron chi connectivity index (χ2n) is 4.31. The Kier molecular flexibility index (Phi) is 4.23. The number of halogens is 1. The Bertz CT molecular complexity index is 733. The lowest BCUT2D eigenvalue weighted by atomic mass is 10.2. The van der Waals surface area contributed by atoms with Gasteiger partial charge in [-0.2, -0.15) is 0 Å². The van der Waals surface area contributed by atoms with Crippen LogP contribution in [-0.2, 0) is 0 Å². The molecular weight excluding hydrogens is 297 g/mol. The van der Waals surface area contributed by atoms with Crippen molar-refractivity contribution in [2.24, 2.45) is 0 Å². The van der Waals surface area contributed by atoms with Crippen LogP contribution in [-0.4, -0.2) is 16.0 Å². The van der Waals surface area contributed by atoms with Gasteiger partial charge in [-0.15, -0.1) is 0 Å². The molecule has 0 spiro atoms. The largest absolute Gasteiger partial charge is 0.478 e. The number of non-ortho nitro benzene ring substituents is 1. The van der Waals surface area contributed by atoms with Crippen LogP contribution in [0.3, 0.4) is 0 Å². The van der Waals surface area contributed by atoms with Crippen molar-refractivity contribution >= 4 is 23.4 Å². The van der Waals surface area contributed by atoms with Gasteiger partial charge >= 0.3 is 5.97 Å². The fourth-order valence-electron chi connectivity index (χ4n) is 1.73. The Hall–Kier alpha value is -2.41. The van der Waals surface area contributed by atoms with Crippen LogP contribution in [0.15, 0.2) is 46.2 Å². The van der Waals surface area contributed by atoms with Crippen molar-refractivity contribution in [3.63, 3.8) is 0 Å². The minimum absolute atomic E-state index is 0.0407. The highest BCUT2D eigenvalue weighted by Crippen LogP contribution is 2.33. The summed E-state index contributed by atoms with van der Waals surface area (Å²) in [7, 11) is 0. The zero-order valence-electron chi connectivity index (χ0n) is 10.9. The molecule has 2 rings (SSSR count). The van der Waals surface area contributed by atoms with Crippen LogP contribution in [0.25, 0.3) is 0 Å². The van der Waals surface area contributed by atoms with E-state index in [0.717, 1.165) is 17.8 Å². The van der Waals surface area contributed by atoms with Gasteiger partial charge in [-0.25, -0.2) is 9.18 Å². The fourth-order valence-corrected chi connectivity index (χ4v) is 2.76. The number of benzene rings is 2. The van der Waals surface area contributed by atoms with Crippen molar-refractivity contribution in [2.75, 3.05) is 0 Å². The van der Waals surface area contributed by atoms with Crippen LogP contribution < -0.4 is 0 Å². The summed E-state index contributed by atoms with van der Waals surface area (Å²) < 4.78 is 13.7. The molecule has 0 saturated heterocycles. The molecule has 7 heteroatoms. The average Bonchev–Trinajstić information content (AvgIpc) is 2.40. The topological polar surface area (TPSA) is 80.4 Å². The minimum Gasteiger partial charge on any atom is -0.478 e. The van der Waals surface area contributed by atoms with Gasteiger partial charge in [0.1, 0.15) is 5.82 Å². The molecule has 0 bridgehead atoms. The molecule has 1 N–H and O–H groups in total. The first-order chi connectivity index (χ1) is 9.86. The first-order valence-electron chi connectivity index (χ1n) is 5.83. The maximum Gasteiger partial charge on any atom is 0.335 e. The lowest BCUT2D eigenvalue weighted by Gasteiger charge is -2.06. The summed E-state index contributed by atoms with van der Waals surface area (Å²) in [5.41, 5.74) is 0.537. The Morgan fingerprint density at radius 3 is 2.62 bits per heavy atom. The third-order valence-electron chi connectivity index (χ3n) is 2.65. The van der Waals surface area contributed by atoms with Gasteiger partial charge in [0.2, 0.25) is 0 Å². The summed E-state index contributed by atoms with van der Waals surface area (Å²) in [6.07, 6.45) is 0. The van der Waals surface area contributed by atoms with Crippen molar-refractivity contribution in [1.82, 2.24) is 0 Å². The number of hydrogen-bond acceptors (Lipinski definition) is 4. The van der Waals surface area contributed by atoms with E-state index in [1.165, 1.54) is 24.3 Å². The van der Waals surface area contributed by atoms with Crippen LogP contribution in [0.5, 0.6) is 0 Å². The van der Waals surface area contributed by atoms with Gasteiger partial charge in [0.05, 0.1) is 10.5 Å². The van der Waals surface area contributed by atoms with E-state index >= 15 is 0 Å². The Morgan fingerprint density at radius 2 is 2.00 bits per heavy atom. The highest BCUT2D eigenvalue weighted by atomic mass is 32.2. The number of aryl methyl sites for hydroxylation is 1. The maximum absolute atomic E-state index is 13.7. The van der Waals surface area contributed by atoms with Crippen molar-refractivity contribution < 1.29 is 19.2 Å². The van der Waals surface area contributed by atoms with Crippen LogP contribution in [0.1, 0.15) is 15.9 Å². The SMILES string of the molecule is Cc1cc(Sc2cc(C(=O)O)ccc2F)cc([N+](=O)[O-])c1.